The standard InChI is InChI=1S/C14H18ClN5/c1-2-6-18-14-19-10-12(15)13(20-14)17-9-5-11-3-7-16-8-4-11/h3-4,7-8,10H,2,5-6,9H2,1H3,(H2,17,18,19,20). The van der Waals surface area contributed by atoms with Crippen LogP contribution in [0.15, 0.2) is 30.7 Å². The number of hydrogen-bond acceptors (Lipinski definition) is 5. The minimum absolute atomic E-state index is 0.529. The van der Waals surface area contributed by atoms with E-state index in [9.17, 15) is 0 Å². The third kappa shape index (κ3) is 4.35. The highest BCUT2D eigenvalue weighted by molar-refractivity contribution is 6.32. The molecule has 0 saturated carbocycles. The summed E-state index contributed by atoms with van der Waals surface area (Å²) in [5.41, 5.74) is 1.22. The summed E-state index contributed by atoms with van der Waals surface area (Å²) in [5.74, 6) is 1.26. The van der Waals surface area contributed by atoms with Gasteiger partial charge in [-0.3, -0.25) is 4.98 Å². The first-order valence-electron chi connectivity index (χ1n) is 6.68. The van der Waals surface area contributed by atoms with Crippen LogP contribution < -0.4 is 10.6 Å². The molecule has 0 aliphatic carbocycles. The topological polar surface area (TPSA) is 62.7 Å². The highest BCUT2D eigenvalue weighted by Crippen LogP contribution is 2.19. The monoisotopic (exact) mass is 291 g/mol. The Bertz CT molecular complexity index is 532. The van der Waals surface area contributed by atoms with E-state index < -0.39 is 0 Å². The first kappa shape index (κ1) is 14.5. The Labute approximate surface area is 123 Å². The molecule has 2 heterocycles. The van der Waals surface area contributed by atoms with Crippen LogP contribution in [0.1, 0.15) is 18.9 Å². The molecule has 0 spiro atoms. The fraction of sp³-hybridized carbons (Fsp3) is 0.357. The van der Waals surface area contributed by atoms with Gasteiger partial charge in [0.1, 0.15) is 10.8 Å². The second kappa shape index (κ2) is 7.65. The van der Waals surface area contributed by atoms with Crippen molar-refractivity contribution in [3.05, 3.63) is 41.3 Å². The van der Waals surface area contributed by atoms with E-state index in [2.05, 4.69) is 32.5 Å². The largest absolute Gasteiger partial charge is 0.368 e. The van der Waals surface area contributed by atoms with E-state index in [1.807, 2.05) is 12.1 Å². The Balaban J connectivity index is 1.91. The molecule has 106 valence electrons. The second-order valence-electron chi connectivity index (χ2n) is 4.35. The lowest BCUT2D eigenvalue weighted by atomic mass is 10.2. The SMILES string of the molecule is CCCNc1ncc(Cl)c(NCCc2ccncc2)n1. The van der Waals surface area contributed by atoms with Gasteiger partial charge in [-0.15, -0.1) is 0 Å². The fourth-order valence-electron chi connectivity index (χ4n) is 1.69. The Morgan fingerprint density at radius 3 is 2.70 bits per heavy atom. The van der Waals surface area contributed by atoms with Crippen molar-refractivity contribution >= 4 is 23.4 Å². The molecule has 20 heavy (non-hydrogen) atoms. The summed E-state index contributed by atoms with van der Waals surface area (Å²) < 4.78 is 0. The predicted octanol–water partition coefficient (Wildman–Crippen LogP) is 3.00. The van der Waals surface area contributed by atoms with Gasteiger partial charge in [-0.05, 0) is 30.5 Å². The molecular formula is C14H18ClN5. The van der Waals surface area contributed by atoms with Gasteiger partial charge in [0.2, 0.25) is 5.95 Å². The smallest absolute Gasteiger partial charge is 0.224 e. The Hall–Kier alpha value is -1.88. The molecule has 2 N–H and O–H groups in total. The van der Waals surface area contributed by atoms with Crippen molar-refractivity contribution in [3.8, 4) is 0 Å². The van der Waals surface area contributed by atoms with Crippen LogP contribution in [0.4, 0.5) is 11.8 Å². The molecular weight excluding hydrogens is 274 g/mol. The molecule has 0 amide bonds. The maximum absolute atomic E-state index is 6.09. The van der Waals surface area contributed by atoms with Gasteiger partial charge in [0.15, 0.2) is 0 Å². The van der Waals surface area contributed by atoms with Gasteiger partial charge in [0.05, 0.1) is 6.20 Å². The molecule has 2 rings (SSSR count). The van der Waals surface area contributed by atoms with E-state index in [0.717, 1.165) is 25.9 Å². The summed E-state index contributed by atoms with van der Waals surface area (Å²) in [6, 6.07) is 4.00. The van der Waals surface area contributed by atoms with Crippen LogP contribution in [0.25, 0.3) is 0 Å². The summed E-state index contributed by atoms with van der Waals surface area (Å²) in [6.45, 7) is 3.70. The number of halogens is 1. The van der Waals surface area contributed by atoms with E-state index in [4.69, 9.17) is 11.6 Å². The first-order valence-corrected chi connectivity index (χ1v) is 7.06. The average Bonchev–Trinajstić information content (AvgIpc) is 2.49. The van der Waals surface area contributed by atoms with E-state index in [1.54, 1.807) is 18.6 Å². The van der Waals surface area contributed by atoms with Crippen molar-refractivity contribution in [2.45, 2.75) is 19.8 Å². The fourth-order valence-corrected chi connectivity index (χ4v) is 1.85. The highest BCUT2D eigenvalue weighted by atomic mass is 35.5. The van der Waals surface area contributed by atoms with Gasteiger partial charge in [-0.25, -0.2) is 4.98 Å². The number of nitrogens with one attached hydrogen (secondary N) is 2. The van der Waals surface area contributed by atoms with Crippen molar-refractivity contribution in [2.75, 3.05) is 23.7 Å². The summed E-state index contributed by atoms with van der Waals surface area (Å²) in [7, 11) is 0. The van der Waals surface area contributed by atoms with E-state index in [0.29, 0.717) is 16.8 Å². The lowest BCUT2D eigenvalue weighted by Gasteiger charge is -2.09. The molecule has 2 aromatic rings. The minimum Gasteiger partial charge on any atom is -0.368 e. The summed E-state index contributed by atoms with van der Waals surface area (Å²) >= 11 is 6.09. The maximum Gasteiger partial charge on any atom is 0.224 e. The van der Waals surface area contributed by atoms with Crippen molar-refractivity contribution < 1.29 is 0 Å². The predicted molar refractivity (Wildman–Crippen MR) is 82.3 cm³/mol. The molecule has 0 saturated heterocycles. The van der Waals surface area contributed by atoms with Gasteiger partial charge in [0.25, 0.3) is 0 Å². The zero-order chi connectivity index (χ0) is 14.2. The Morgan fingerprint density at radius 2 is 1.95 bits per heavy atom. The number of anilines is 2. The number of pyridine rings is 1. The van der Waals surface area contributed by atoms with E-state index in [1.165, 1.54) is 5.56 Å². The average molecular weight is 292 g/mol. The molecule has 0 fully saturated rings. The molecule has 0 bridgehead atoms. The summed E-state index contributed by atoms with van der Waals surface area (Å²) in [5, 5.41) is 6.91. The van der Waals surface area contributed by atoms with Gasteiger partial charge in [0, 0.05) is 25.5 Å². The van der Waals surface area contributed by atoms with Gasteiger partial charge in [-0.2, -0.15) is 4.98 Å². The van der Waals surface area contributed by atoms with Crippen LogP contribution in [-0.4, -0.2) is 28.0 Å². The maximum atomic E-state index is 6.09. The number of aromatic nitrogens is 3. The van der Waals surface area contributed by atoms with E-state index in [-0.39, 0.29) is 0 Å². The lowest BCUT2D eigenvalue weighted by Crippen LogP contribution is -2.10. The van der Waals surface area contributed by atoms with Crippen LogP contribution in [0.3, 0.4) is 0 Å². The number of nitrogens with zero attached hydrogens (tertiary/aromatic N) is 3. The quantitative estimate of drug-likeness (QED) is 0.821. The zero-order valence-corrected chi connectivity index (χ0v) is 12.2. The van der Waals surface area contributed by atoms with Crippen molar-refractivity contribution in [1.29, 1.82) is 0 Å². The van der Waals surface area contributed by atoms with Crippen LogP contribution in [-0.2, 0) is 6.42 Å². The molecule has 0 aliphatic rings. The number of rotatable bonds is 7. The van der Waals surface area contributed by atoms with Crippen LogP contribution >= 0.6 is 11.6 Å². The Kier molecular flexibility index (Phi) is 5.55. The summed E-state index contributed by atoms with van der Waals surface area (Å²) in [6.07, 6.45) is 7.11. The van der Waals surface area contributed by atoms with E-state index >= 15 is 0 Å². The number of hydrogen-bond donors (Lipinski definition) is 2. The second-order valence-corrected chi connectivity index (χ2v) is 4.76. The third-order valence-corrected chi connectivity index (χ3v) is 3.01. The van der Waals surface area contributed by atoms with Crippen LogP contribution in [0.5, 0.6) is 0 Å². The normalized spacial score (nSPS) is 10.3. The molecule has 0 atom stereocenters. The minimum atomic E-state index is 0.529. The first-order chi connectivity index (χ1) is 9.79. The van der Waals surface area contributed by atoms with Crippen molar-refractivity contribution in [3.63, 3.8) is 0 Å². The van der Waals surface area contributed by atoms with Gasteiger partial charge in [-0.1, -0.05) is 18.5 Å². The van der Waals surface area contributed by atoms with Crippen molar-refractivity contribution in [1.82, 2.24) is 15.0 Å². The lowest BCUT2D eigenvalue weighted by molar-refractivity contribution is 0.946. The molecule has 5 nitrogen and oxygen atoms in total. The van der Waals surface area contributed by atoms with Gasteiger partial charge >= 0.3 is 0 Å². The molecule has 0 unspecified atom stereocenters. The molecule has 6 heteroatoms. The zero-order valence-electron chi connectivity index (χ0n) is 11.4. The molecule has 0 radical (unpaired) electrons. The van der Waals surface area contributed by atoms with Gasteiger partial charge < -0.3 is 10.6 Å². The van der Waals surface area contributed by atoms with Crippen LogP contribution in [0.2, 0.25) is 5.02 Å². The van der Waals surface area contributed by atoms with Crippen molar-refractivity contribution in [2.24, 2.45) is 0 Å². The summed E-state index contributed by atoms with van der Waals surface area (Å²) in [4.78, 5) is 12.5. The molecule has 0 aliphatic heterocycles. The molecule has 2 aromatic heterocycles. The highest BCUT2D eigenvalue weighted by Gasteiger charge is 2.04. The Morgan fingerprint density at radius 1 is 1.15 bits per heavy atom. The third-order valence-electron chi connectivity index (χ3n) is 2.73. The molecule has 0 aromatic carbocycles. The van der Waals surface area contributed by atoms with Crippen LogP contribution in [0, 0.1) is 0 Å².